The van der Waals surface area contributed by atoms with Gasteiger partial charge < -0.3 is 14.4 Å². The second-order valence-corrected chi connectivity index (χ2v) is 6.66. The zero-order valence-electron chi connectivity index (χ0n) is 16.3. The minimum Gasteiger partial charge on any atom is -0.497 e. The van der Waals surface area contributed by atoms with Gasteiger partial charge in [0.2, 0.25) is 0 Å². The summed E-state index contributed by atoms with van der Waals surface area (Å²) < 4.78 is 11.1. The minimum atomic E-state index is -0.0719. The summed E-state index contributed by atoms with van der Waals surface area (Å²) in [6.07, 6.45) is 0.769. The van der Waals surface area contributed by atoms with Gasteiger partial charge in [0, 0.05) is 20.0 Å². The quantitative estimate of drug-likeness (QED) is 0.588. The summed E-state index contributed by atoms with van der Waals surface area (Å²) in [6, 6.07) is 25.8. The van der Waals surface area contributed by atoms with Gasteiger partial charge in [0.25, 0.3) is 5.91 Å². The molecule has 3 rings (SSSR count). The second-order valence-electron chi connectivity index (χ2n) is 6.66. The van der Waals surface area contributed by atoms with Crippen LogP contribution >= 0.6 is 0 Å². The standard InChI is InChI=1S/C24H25NO3/c1-25(17-20-11-8-13-22(16-20)27-2)24(26)18-28-23-14-7-6-12-21(23)15-19-9-4-3-5-10-19/h3-14,16H,15,17-18H2,1-2H3. The van der Waals surface area contributed by atoms with Crippen LogP contribution in [0.5, 0.6) is 11.5 Å². The maximum atomic E-state index is 12.5. The van der Waals surface area contributed by atoms with Gasteiger partial charge >= 0.3 is 0 Å². The van der Waals surface area contributed by atoms with Crippen LogP contribution in [0, 0.1) is 0 Å². The Morgan fingerprint density at radius 3 is 2.39 bits per heavy atom. The first kappa shape index (κ1) is 19.5. The highest BCUT2D eigenvalue weighted by Crippen LogP contribution is 2.21. The number of para-hydroxylation sites is 1. The lowest BCUT2D eigenvalue weighted by Crippen LogP contribution is -2.31. The Kier molecular flexibility index (Phi) is 6.68. The maximum absolute atomic E-state index is 12.5. The molecule has 0 aliphatic rings. The summed E-state index contributed by atoms with van der Waals surface area (Å²) in [7, 11) is 3.41. The molecular weight excluding hydrogens is 350 g/mol. The lowest BCUT2D eigenvalue weighted by atomic mass is 10.0. The van der Waals surface area contributed by atoms with E-state index in [4.69, 9.17) is 9.47 Å². The average Bonchev–Trinajstić information content (AvgIpc) is 2.73. The number of hydrogen-bond donors (Lipinski definition) is 0. The van der Waals surface area contributed by atoms with Gasteiger partial charge in [-0.15, -0.1) is 0 Å². The van der Waals surface area contributed by atoms with Gasteiger partial charge in [0.15, 0.2) is 6.61 Å². The van der Waals surface area contributed by atoms with Crippen molar-refractivity contribution in [3.8, 4) is 11.5 Å². The van der Waals surface area contributed by atoms with E-state index in [1.165, 1.54) is 5.56 Å². The van der Waals surface area contributed by atoms with E-state index in [2.05, 4.69) is 12.1 Å². The Labute approximate surface area is 166 Å². The molecule has 0 unspecified atom stereocenters. The van der Waals surface area contributed by atoms with Crippen molar-refractivity contribution in [2.75, 3.05) is 20.8 Å². The molecule has 0 spiro atoms. The number of carbonyl (C=O) groups excluding carboxylic acids is 1. The SMILES string of the molecule is COc1cccc(CN(C)C(=O)COc2ccccc2Cc2ccccc2)c1. The van der Waals surface area contributed by atoms with Gasteiger partial charge in [-0.25, -0.2) is 0 Å². The summed E-state index contributed by atoms with van der Waals surface area (Å²) in [5, 5.41) is 0. The molecule has 1 amide bonds. The molecule has 4 heteroatoms. The molecule has 0 aliphatic carbocycles. The Morgan fingerprint density at radius 2 is 1.61 bits per heavy atom. The fourth-order valence-electron chi connectivity index (χ4n) is 2.99. The van der Waals surface area contributed by atoms with Crippen molar-refractivity contribution in [1.82, 2.24) is 4.90 Å². The van der Waals surface area contributed by atoms with Crippen LogP contribution in [0.25, 0.3) is 0 Å². The van der Waals surface area contributed by atoms with Crippen molar-refractivity contribution in [3.05, 3.63) is 95.6 Å². The van der Waals surface area contributed by atoms with Crippen molar-refractivity contribution in [2.45, 2.75) is 13.0 Å². The lowest BCUT2D eigenvalue weighted by molar-refractivity contribution is -0.132. The van der Waals surface area contributed by atoms with E-state index in [0.29, 0.717) is 6.54 Å². The van der Waals surface area contributed by atoms with Crippen molar-refractivity contribution in [2.24, 2.45) is 0 Å². The number of methoxy groups -OCH3 is 1. The molecule has 0 radical (unpaired) electrons. The molecule has 0 saturated carbocycles. The van der Waals surface area contributed by atoms with Gasteiger partial charge in [0.1, 0.15) is 11.5 Å². The van der Waals surface area contributed by atoms with Crippen LogP contribution in [0.3, 0.4) is 0 Å². The molecule has 0 bridgehead atoms. The van der Waals surface area contributed by atoms with E-state index in [9.17, 15) is 4.79 Å². The van der Waals surface area contributed by atoms with Crippen LogP contribution in [0.15, 0.2) is 78.9 Å². The van der Waals surface area contributed by atoms with Gasteiger partial charge in [0.05, 0.1) is 7.11 Å². The van der Waals surface area contributed by atoms with Gasteiger partial charge in [-0.1, -0.05) is 60.7 Å². The third-order valence-electron chi connectivity index (χ3n) is 4.54. The Bertz CT molecular complexity index is 908. The molecule has 0 fully saturated rings. The summed E-state index contributed by atoms with van der Waals surface area (Å²) >= 11 is 0. The number of rotatable bonds is 8. The van der Waals surface area contributed by atoms with Crippen LogP contribution in [-0.4, -0.2) is 31.6 Å². The molecule has 0 atom stereocenters. The van der Waals surface area contributed by atoms with E-state index in [-0.39, 0.29) is 12.5 Å². The number of nitrogens with zero attached hydrogens (tertiary/aromatic N) is 1. The average molecular weight is 375 g/mol. The van der Waals surface area contributed by atoms with E-state index in [0.717, 1.165) is 29.0 Å². The number of likely N-dealkylation sites (N-methyl/N-ethyl adjacent to an activating group) is 1. The van der Waals surface area contributed by atoms with Crippen molar-refractivity contribution >= 4 is 5.91 Å². The van der Waals surface area contributed by atoms with Crippen LogP contribution in [0.4, 0.5) is 0 Å². The highest BCUT2D eigenvalue weighted by Gasteiger charge is 2.12. The molecule has 0 N–H and O–H groups in total. The number of amides is 1. The van der Waals surface area contributed by atoms with E-state index < -0.39 is 0 Å². The Morgan fingerprint density at radius 1 is 0.893 bits per heavy atom. The summed E-state index contributed by atoms with van der Waals surface area (Å²) in [5.74, 6) is 1.45. The summed E-state index contributed by atoms with van der Waals surface area (Å²) in [5.41, 5.74) is 3.29. The summed E-state index contributed by atoms with van der Waals surface area (Å²) in [6.45, 7) is 0.511. The van der Waals surface area contributed by atoms with Crippen LogP contribution in [0.2, 0.25) is 0 Å². The highest BCUT2D eigenvalue weighted by atomic mass is 16.5. The van der Waals surface area contributed by atoms with Crippen LogP contribution in [0.1, 0.15) is 16.7 Å². The second kappa shape index (κ2) is 9.60. The van der Waals surface area contributed by atoms with Crippen LogP contribution in [-0.2, 0) is 17.8 Å². The third kappa shape index (κ3) is 5.36. The van der Waals surface area contributed by atoms with Crippen molar-refractivity contribution in [3.63, 3.8) is 0 Å². The molecule has 3 aromatic carbocycles. The van der Waals surface area contributed by atoms with E-state index in [1.807, 2.05) is 66.7 Å². The van der Waals surface area contributed by atoms with Gasteiger partial charge in [-0.2, -0.15) is 0 Å². The fraction of sp³-hybridized carbons (Fsp3) is 0.208. The van der Waals surface area contributed by atoms with Crippen LogP contribution < -0.4 is 9.47 Å². The number of hydrogen-bond acceptors (Lipinski definition) is 3. The van der Waals surface area contributed by atoms with Crippen molar-refractivity contribution < 1.29 is 14.3 Å². The molecule has 144 valence electrons. The first-order valence-corrected chi connectivity index (χ1v) is 9.27. The zero-order chi connectivity index (χ0) is 19.8. The van der Waals surface area contributed by atoms with E-state index >= 15 is 0 Å². The predicted molar refractivity (Wildman–Crippen MR) is 111 cm³/mol. The van der Waals surface area contributed by atoms with Gasteiger partial charge in [-0.3, -0.25) is 4.79 Å². The first-order valence-electron chi connectivity index (χ1n) is 9.27. The molecule has 0 heterocycles. The Hall–Kier alpha value is -3.27. The minimum absolute atomic E-state index is 0.00622. The topological polar surface area (TPSA) is 38.8 Å². The first-order chi connectivity index (χ1) is 13.7. The molecule has 3 aromatic rings. The fourth-order valence-corrected chi connectivity index (χ4v) is 2.99. The molecule has 0 aromatic heterocycles. The van der Waals surface area contributed by atoms with Gasteiger partial charge in [-0.05, 0) is 34.9 Å². The number of carbonyl (C=O) groups is 1. The smallest absolute Gasteiger partial charge is 0.260 e. The highest BCUT2D eigenvalue weighted by molar-refractivity contribution is 5.77. The zero-order valence-corrected chi connectivity index (χ0v) is 16.3. The lowest BCUT2D eigenvalue weighted by Gasteiger charge is -2.19. The molecule has 0 aliphatic heterocycles. The Balaban J connectivity index is 1.59. The monoisotopic (exact) mass is 375 g/mol. The summed E-state index contributed by atoms with van der Waals surface area (Å²) in [4.78, 5) is 14.2. The number of ether oxygens (including phenoxy) is 2. The molecular formula is C24H25NO3. The van der Waals surface area contributed by atoms with E-state index in [1.54, 1.807) is 19.1 Å². The molecule has 28 heavy (non-hydrogen) atoms. The predicted octanol–water partition coefficient (Wildman–Crippen LogP) is 4.32. The largest absolute Gasteiger partial charge is 0.497 e. The third-order valence-corrected chi connectivity index (χ3v) is 4.54. The molecule has 0 saturated heterocycles. The normalized spacial score (nSPS) is 10.4. The van der Waals surface area contributed by atoms with Crippen molar-refractivity contribution in [1.29, 1.82) is 0 Å². The maximum Gasteiger partial charge on any atom is 0.260 e. The number of benzene rings is 3. The molecule has 4 nitrogen and oxygen atoms in total.